The molecule has 0 saturated carbocycles. The number of hydrogen-bond acceptors (Lipinski definition) is 6. The molecule has 29 heavy (non-hydrogen) atoms. The van der Waals surface area contributed by atoms with Crippen molar-refractivity contribution in [3.8, 4) is 22.8 Å². The van der Waals surface area contributed by atoms with E-state index >= 15 is 0 Å². The number of hydrogen-bond donors (Lipinski definition) is 2. The van der Waals surface area contributed by atoms with Gasteiger partial charge in [-0.25, -0.2) is 4.79 Å². The lowest BCUT2D eigenvalue weighted by Gasteiger charge is -2.06. The summed E-state index contributed by atoms with van der Waals surface area (Å²) in [5, 5.41) is 21.2. The highest BCUT2D eigenvalue weighted by molar-refractivity contribution is 6.05. The van der Waals surface area contributed by atoms with Crippen LogP contribution in [0, 0.1) is 13.8 Å². The number of fused-ring (bicyclic) bond motifs is 2. The summed E-state index contributed by atoms with van der Waals surface area (Å²) in [4.78, 5) is 23.6. The molecule has 0 aliphatic carbocycles. The van der Waals surface area contributed by atoms with Gasteiger partial charge in [-0.1, -0.05) is 0 Å². The minimum absolute atomic E-state index is 0.0162. The first kappa shape index (κ1) is 18.6. The largest absolute Gasteiger partial charge is 0.502 e. The summed E-state index contributed by atoms with van der Waals surface area (Å²) in [5.41, 5.74) is 1.69. The van der Waals surface area contributed by atoms with Crippen molar-refractivity contribution < 1.29 is 28.6 Å². The Balaban J connectivity index is 2.09. The molecule has 0 fully saturated rings. The maximum atomic E-state index is 12.0. The number of furan rings is 1. The van der Waals surface area contributed by atoms with E-state index < -0.39 is 11.6 Å². The lowest BCUT2D eigenvalue weighted by atomic mass is 9.99. The van der Waals surface area contributed by atoms with Crippen LogP contribution in [0.1, 0.15) is 16.7 Å². The first-order valence-corrected chi connectivity index (χ1v) is 8.89. The van der Waals surface area contributed by atoms with Crippen molar-refractivity contribution in [2.45, 2.75) is 20.3 Å². The maximum Gasteiger partial charge on any atom is 0.339 e. The van der Waals surface area contributed by atoms with Crippen LogP contribution < -0.4 is 10.4 Å². The van der Waals surface area contributed by atoms with E-state index in [1.165, 1.54) is 0 Å². The summed E-state index contributed by atoms with van der Waals surface area (Å²) >= 11 is 0. The van der Waals surface area contributed by atoms with E-state index in [0.29, 0.717) is 44.5 Å². The maximum absolute atomic E-state index is 12.0. The average Bonchev–Trinajstić information content (AvgIpc) is 3.05. The molecular formula is C22H18O7. The minimum atomic E-state index is -1.03. The van der Waals surface area contributed by atoms with Crippen LogP contribution in [0.25, 0.3) is 33.3 Å². The van der Waals surface area contributed by atoms with Crippen LogP contribution in [-0.4, -0.2) is 23.3 Å². The van der Waals surface area contributed by atoms with Gasteiger partial charge >= 0.3 is 11.6 Å². The second-order valence-electron chi connectivity index (χ2n) is 6.83. The molecule has 7 nitrogen and oxygen atoms in total. The molecule has 0 bridgehead atoms. The topological polar surface area (TPSA) is 110 Å². The van der Waals surface area contributed by atoms with Gasteiger partial charge in [0.05, 0.1) is 13.5 Å². The van der Waals surface area contributed by atoms with E-state index in [4.69, 9.17) is 13.6 Å². The van der Waals surface area contributed by atoms with Crippen molar-refractivity contribution in [1.82, 2.24) is 0 Å². The van der Waals surface area contributed by atoms with Gasteiger partial charge in [-0.05, 0) is 49.7 Å². The fourth-order valence-corrected chi connectivity index (χ4v) is 3.46. The van der Waals surface area contributed by atoms with Crippen molar-refractivity contribution in [3.63, 3.8) is 0 Å². The standard InChI is InChI=1S/C22H18O7/c1-10-11(2)22(26)29-20-14(10)8-15-16(9-17(23)24)19(28-21(15)18(20)25)12-4-6-13(27-3)7-5-12/h4-8,25H,9H2,1-3H3,(H,23,24). The molecule has 2 aromatic carbocycles. The van der Waals surface area contributed by atoms with E-state index in [0.717, 1.165) is 0 Å². The molecule has 0 aliphatic rings. The number of rotatable bonds is 4. The molecule has 0 unspecified atom stereocenters. The lowest BCUT2D eigenvalue weighted by molar-refractivity contribution is -0.136. The molecule has 7 heteroatoms. The lowest BCUT2D eigenvalue weighted by Crippen LogP contribution is -2.05. The number of aryl methyl sites for hydroxylation is 1. The molecule has 2 N–H and O–H groups in total. The molecule has 4 aromatic rings. The second kappa shape index (κ2) is 6.70. The zero-order valence-electron chi connectivity index (χ0n) is 16.0. The quantitative estimate of drug-likeness (QED) is 0.500. The third-order valence-corrected chi connectivity index (χ3v) is 5.16. The number of aromatic hydroxyl groups is 1. The van der Waals surface area contributed by atoms with E-state index in [1.54, 1.807) is 51.3 Å². The number of carboxylic acids is 1. The summed E-state index contributed by atoms with van der Waals surface area (Å²) in [7, 11) is 1.55. The Kier molecular flexibility index (Phi) is 4.30. The van der Waals surface area contributed by atoms with Crippen LogP contribution in [0.2, 0.25) is 0 Å². The fraction of sp³-hybridized carbons (Fsp3) is 0.182. The summed E-state index contributed by atoms with van der Waals surface area (Å²) in [6.07, 6.45) is -0.297. The van der Waals surface area contributed by atoms with Gasteiger partial charge in [0.15, 0.2) is 11.2 Å². The number of phenolic OH excluding ortho intramolecular Hbond substituents is 1. The smallest absolute Gasteiger partial charge is 0.339 e. The first-order chi connectivity index (χ1) is 13.8. The van der Waals surface area contributed by atoms with Gasteiger partial charge in [-0.3, -0.25) is 4.79 Å². The number of methoxy groups -OCH3 is 1. The van der Waals surface area contributed by atoms with Crippen LogP contribution in [0.3, 0.4) is 0 Å². The number of aliphatic carboxylic acids is 1. The third-order valence-electron chi connectivity index (χ3n) is 5.16. The zero-order chi connectivity index (χ0) is 20.9. The molecule has 0 amide bonds. The summed E-state index contributed by atoms with van der Waals surface area (Å²) < 4.78 is 16.3. The molecule has 0 aliphatic heterocycles. The van der Waals surface area contributed by atoms with Gasteiger partial charge in [-0.15, -0.1) is 0 Å². The van der Waals surface area contributed by atoms with Crippen LogP contribution in [0.5, 0.6) is 11.5 Å². The SMILES string of the molecule is COc1ccc(-c2oc3c(O)c4oc(=O)c(C)c(C)c4cc3c2CC(=O)O)cc1. The van der Waals surface area contributed by atoms with E-state index in [1.807, 2.05) is 0 Å². The molecule has 0 radical (unpaired) electrons. The molecule has 2 heterocycles. The zero-order valence-corrected chi connectivity index (χ0v) is 16.0. The number of phenols is 1. The Bertz CT molecular complexity index is 1320. The summed E-state index contributed by atoms with van der Waals surface area (Å²) in [5.74, 6) is -0.392. The normalized spacial score (nSPS) is 11.3. The molecule has 4 rings (SSSR count). The van der Waals surface area contributed by atoms with Crippen molar-refractivity contribution >= 4 is 27.9 Å². The highest BCUT2D eigenvalue weighted by atomic mass is 16.5. The van der Waals surface area contributed by atoms with Gasteiger partial charge in [0.1, 0.15) is 11.5 Å². The molecule has 0 saturated heterocycles. The predicted octanol–water partition coefficient (Wildman–Crippen LogP) is 4.16. The Morgan fingerprint density at radius 2 is 1.69 bits per heavy atom. The molecule has 2 aromatic heterocycles. The van der Waals surface area contributed by atoms with Gasteiger partial charge < -0.3 is 23.8 Å². The van der Waals surface area contributed by atoms with Crippen molar-refractivity contribution in [2.75, 3.05) is 7.11 Å². The molecule has 0 spiro atoms. The number of carbonyl (C=O) groups is 1. The Labute approximate surface area is 164 Å². The van der Waals surface area contributed by atoms with Crippen molar-refractivity contribution in [3.05, 3.63) is 57.4 Å². The summed E-state index contributed by atoms with van der Waals surface area (Å²) in [6.45, 7) is 3.39. The third kappa shape index (κ3) is 2.91. The second-order valence-corrected chi connectivity index (χ2v) is 6.83. The summed E-state index contributed by atoms with van der Waals surface area (Å²) in [6, 6.07) is 8.65. The van der Waals surface area contributed by atoms with Crippen molar-refractivity contribution in [1.29, 1.82) is 0 Å². The highest BCUT2D eigenvalue weighted by Gasteiger charge is 2.24. The Hall–Kier alpha value is -3.74. The molecular weight excluding hydrogens is 376 g/mol. The van der Waals surface area contributed by atoms with Gasteiger partial charge in [-0.2, -0.15) is 0 Å². The Morgan fingerprint density at radius 1 is 1.03 bits per heavy atom. The number of benzene rings is 2. The monoisotopic (exact) mass is 394 g/mol. The fourth-order valence-electron chi connectivity index (χ4n) is 3.46. The van der Waals surface area contributed by atoms with Crippen LogP contribution in [0.4, 0.5) is 0 Å². The van der Waals surface area contributed by atoms with Crippen LogP contribution >= 0.6 is 0 Å². The first-order valence-electron chi connectivity index (χ1n) is 8.89. The van der Waals surface area contributed by atoms with Gasteiger partial charge in [0.25, 0.3) is 0 Å². The average molecular weight is 394 g/mol. The molecule has 148 valence electrons. The minimum Gasteiger partial charge on any atom is -0.502 e. The number of carboxylic acid groups (broad SMARTS) is 1. The van der Waals surface area contributed by atoms with Gasteiger partial charge in [0.2, 0.25) is 5.75 Å². The van der Waals surface area contributed by atoms with Gasteiger partial charge in [0, 0.05) is 27.5 Å². The van der Waals surface area contributed by atoms with E-state index in [-0.39, 0.29) is 23.3 Å². The van der Waals surface area contributed by atoms with Crippen molar-refractivity contribution in [2.24, 2.45) is 0 Å². The van der Waals surface area contributed by atoms with E-state index in [2.05, 4.69) is 0 Å². The van der Waals surface area contributed by atoms with Crippen LogP contribution in [-0.2, 0) is 11.2 Å². The number of ether oxygens (including phenoxy) is 1. The Morgan fingerprint density at radius 3 is 2.31 bits per heavy atom. The molecule has 0 atom stereocenters. The van der Waals surface area contributed by atoms with E-state index in [9.17, 15) is 19.8 Å². The van der Waals surface area contributed by atoms with Crippen LogP contribution in [0.15, 0.2) is 44.0 Å². The highest BCUT2D eigenvalue weighted by Crippen LogP contribution is 2.42. The predicted molar refractivity (Wildman–Crippen MR) is 107 cm³/mol.